The molecule has 7 heteroatoms. The first-order valence-corrected chi connectivity index (χ1v) is 12.8. The van der Waals surface area contributed by atoms with Crippen LogP contribution in [0, 0.1) is 5.92 Å². The number of carbonyl (C=O) groups excluding carboxylic acids is 2. The molecule has 1 saturated carbocycles. The molecular formula is C29H35N3O4. The fourth-order valence-corrected chi connectivity index (χ4v) is 4.93. The van der Waals surface area contributed by atoms with Crippen molar-refractivity contribution in [2.45, 2.75) is 44.1 Å². The number of rotatable bonds is 11. The molecule has 1 heterocycles. The van der Waals surface area contributed by atoms with Crippen molar-refractivity contribution >= 4 is 12.2 Å². The number of benzene rings is 2. The van der Waals surface area contributed by atoms with E-state index in [0.29, 0.717) is 36.5 Å². The number of aldehydes is 1. The average Bonchev–Trinajstić information content (AvgIpc) is 3.42. The van der Waals surface area contributed by atoms with Crippen LogP contribution in [0.3, 0.4) is 0 Å². The zero-order chi connectivity index (χ0) is 25.4. The van der Waals surface area contributed by atoms with Crippen molar-refractivity contribution in [1.29, 1.82) is 0 Å². The lowest BCUT2D eigenvalue weighted by molar-refractivity contribution is -0.0239. The summed E-state index contributed by atoms with van der Waals surface area (Å²) in [4.78, 5) is 29.7. The summed E-state index contributed by atoms with van der Waals surface area (Å²) in [5.41, 5.74) is 0.683. The molecule has 1 unspecified atom stereocenters. The predicted octanol–water partition coefficient (Wildman–Crippen LogP) is 4.21. The van der Waals surface area contributed by atoms with Gasteiger partial charge in [-0.05, 0) is 37.6 Å². The molecule has 0 radical (unpaired) electrons. The average molecular weight is 490 g/mol. The van der Waals surface area contributed by atoms with Gasteiger partial charge in [0.05, 0.1) is 6.20 Å². The molecule has 2 aromatic carbocycles. The fraction of sp³-hybridized carbons (Fsp3) is 0.414. The summed E-state index contributed by atoms with van der Waals surface area (Å²) in [7, 11) is 1.99. The van der Waals surface area contributed by atoms with Crippen LogP contribution in [-0.4, -0.2) is 53.9 Å². The van der Waals surface area contributed by atoms with Gasteiger partial charge in [-0.2, -0.15) is 0 Å². The molecule has 0 aliphatic heterocycles. The zero-order valence-corrected chi connectivity index (χ0v) is 20.9. The molecule has 36 heavy (non-hydrogen) atoms. The number of aromatic nitrogens is 1. The van der Waals surface area contributed by atoms with Crippen LogP contribution in [0.5, 0.6) is 0 Å². The largest absolute Gasteiger partial charge is 0.442 e. The van der Waals surface area contributed by atoms with E-state index in [9.17, 15) is 14.7 Å². The van der Waals surface area contributed by atoms with E-state index in [4.69, 9.17) is 4.42 Å². The van der Waals surface area contributed by atoms with E-state index in [0.717, 1.165) is 49.8 Å². The molecule has 2 N–H and O–H groups in total. The topological polar surface area (TPSA) is 95.7 Å². The molecule has 1 atom stereocenters. The maximum Gasteiger partial charge on any atom is 0.251 e. The van der Waals surface area contributed by atoms with Crippen LogP contribution >= 0.6 is 0 Å². The SMILES string of the molecule is CN(CCNC(=O)c1ccc(C=O)cc1)CCc1cnc(C(O)(c2ccccc2)C2CCCCC2)o1. The van der Waals surface area contributed by atoms with Gasteiger partial charge in [0.15, 0.2) is 5.60 Å². The van der Waals surface area contributed by atoms with Crippen LogP contribution < -0.4 is 5.32 Å². The van der Waals surface area contributed by atoms with Crippen molar-refractivity contribution in [2.75, 3.05) is 26.7 Å². The van der Waals surface area contributed by atoms with Crippen molar-refractivity contribution in [3.8, 4) is 0 Å². The van der Waals surface area contributed by atoms with Crippen LogP contribution in [0.4, 0.5) is 0 Å². The molecule has 0 bridgehead atoms. The molecule has 1 aliphatic rings. The molecule has 3 aromatic rings. The number of likely N-dealkylation sites (N-methyl/N-ethyl adjacent to an activating group) is 1. The van der Waals surface area contributed by atoms with Gasteiger partial charge in [0.1, 0.15) is 12.0 Å². The summed E-state index contributed by atoms with van der Waals surface area (Å²) < 4.78 is 6.14. The van der Waals surface area contributed by atoms with E-state index < -0.39 is 5.60 Å². The van der Waals surface area contributed by atoms with Crippen LogP contribution in [0.1, 0.15) is 70.0 Å². The second kappa shape index (κ2) is 12.1. The molecule has 7 nitrogen and oxygen atoms in total. The predicted molar refractivity (Wildman–Crippen MR) is 138 cm³/mol. The lowest BCUT2D eigenvalue weighted by Crippen LogP contribution is -2.38. The van der Waals surface area contributed by atoms with Gasteiger partial charge in [0.2, 0.25) is 5.89 Å². The van der Waals surface area contributed by atoms with Crippen molar-refractivity contribution in [3.63, 3.8) is 0 Å². The standard InChI is InChI=1S/C29H35N3O4/c1-32(19-17-30-27(34)23-14-12-22(21-33)13-15-23)18-16-26-20-31-28(36-26)29(35,24-8-4-2-5-9-24)25-10-6-3-7-11-25/h2,4-5,8-9,12-15,20-21,25,35H,3,6-7,10-11,16-19H2,1H3,(H,30,34). The van der Waals surface area contributed by atoms with E-state index in [1.807, 2.05) is 37.4 Å². The second-order valence-corrected chi connectivity index (χ2v) is 9.65. The number of hydrogen-bond acceptors (Lipinski definition) is 6. The Morgan fingerprint density at radius 3 is 2.53 bits per heavy atom. The smallest absolute Gasteiger partial charge is 0.251 e. The number of oxazole rings is 1. The van der Waals surface area contributed by atoms with Gasteiger partial charge >= 0.3 is 0 Å². The van der Waals surface area contributed by atoms with Crippen LogP contribution in [0.25, 0.3) is 0 Å². The molecule has 1 amide bonds. The Bertz CT molecular complexity index is 1120. The summed E-state index contributed by atoms with van der Waals surface area (Å²) >= 11 is 0. The molecular weight excluding hydrogens is 454 g/mol. The number of carbonyl (C=O) groups is 2. The van der Waals surface area contributed by atoms with E-state index >= 15 is 0 Å². The summed E-state index contributed by atoms with van der Waals surface area (Å²) in [5, 5.41) is 14.8. The van der Waals surface area contributed by atoms with Crippen molar-refractivity contribution in [1.82, 2.24) is 15.2 Å². The number of hydrogen-bond donors (Lipinski definition) is 2. The summed E-state index contributed by atoms with van der Waals surface area (Å²) in [6, 6.07) is 16.3. The molecule has 0 saturated heterocycles. The fourth-order valence-electron chi connectivity index (χ4n) is 4.93. The highest BCUT2D eigenvalue weighted by molar-refractivity contribution is 5.94. The number of aliphatic hydroxyl groups is 1. The first-order chi connectivity index (χ1) is 17.5. The molecule has 1 aromatic heterocycles. The Labute approximate surface area is 212 Å². The van der Waals surface area contributed by atoms with E-state index in [1.165, 1.54) is 6.42 Å². The first-order valence-electron chi connectivity index (χ1n) is 12.8. The third kappa shape index (κ3) is 6.09. The molecule has 190 valence electrons. The molecule has 1 fully saturated rings. The Kier molecular flexibility index (Phi) is 8.67. The maximum absolute atomic E-state index is 12.3. The minimum atomic E-state index is -1.22. The van der Waals surface area contributed by atoms with Gasteiger partial charge in [-0.25, -0.2) is 4.98 Å². The monoisotopic (exact) mass is 489 g/mol. The van der Waals surface area contributed by atoms with Crippen molar-refractivity contribution in [3.05, 3.63) is 89.1 Å². The Morgan fingerprint density at radius 2 is 1.83 bits per heavy atom. The normalized spacial score (nSPS) is 16.0. The van der Waals surface area contributed by atoms with Gasteiger partial charge in [-0.3, -0.25) is 9.59 Å². The van der Waals surface area contributed by atoms with Gasteiger partial charge in [-0.1, -0.05) is 61.7 Å². The highest BCUT2D eigenvalue weighted by Crippen LogP contribution is 2.43. The highest BCUT2D eigenvalue weighted by Gasteiger charge is 2.44. The van der Waals surface area contributed by atoms with Gasteiger partial charge in [-0.15, -0.1) is 0 Å². The van der Waals surface area contributed by atoms with Crippen molar-refractivity contribution < 1.29 is 19.1 Å². The minimum absolute atomic E-state index is 0.0843. The van der Waals surface area contributed by atoms with Crippen LogP contribution in [0.15, 0.2) is 65.2 Å². The quantitative estimate of drug-likeness (QED) is 0.392. The minimum Gasteiger partial charge on any atom is -0.442 e. The van der Waals surface area contributed by atoms with Crippen molar-refractivity contribution in [2.24, 2.45) is 5.92 Å². The van der Waals surface area contributed by atoms with Gasteiger partial charge in [0.25, 0.3) is 5.91 Å². The number of amides is 1. The van der Waals surface area contributed by atoms with Crippen LogP contribution in [-0.2, 0) is 12.0 Å². The Morgan fingerprint density at radius 1 is 1.11 bits per heavy atom. The molecule has 4 rings (SSSR count). The molecule has 1 aliphatic carbocycles. The van der Waals surface area contributed by atoms with E-state index in [2.05, 4.69) is 15.2 Å². The Balaban J connectivity index is 1.31. The van der Waals surface area contributed by atoms with E-state index in [1.54, 1.807) is 30.5 Å². The Hall–Kier alpha value is -3.29. The zero-order valence-electron chi connectivity index (χ0n) is 20.9. The maximum atomic E-state index is 12.3. The highest BCUT2D eigenvalue weighted by atomic mass is 16.4. The summed E-state index contributed by atoms with van der Waals surface area (Å²) in [6.45, 7) is 1.91. The summed E-state index contributed by atoms with van der Waals surface area (Å²) in [5.74, 6) is 1.04. The van der Waals surface area contributed by atoms with Gasteiger partial charge in [0, 0.05) is 43.1 Å². The summed E-state index contributed by atoms with van der Waals surface area (Å²) in [6.07, 6.45) is 8.48. The second-order valence-electron chi connectivity index (χ2n) is 9.65. The van der Waals surface area contributed by atoms with Crippen LogP contribution in [0.2, 0.25) is 0 Å². The number of nitrogens with zero attached hydrogens (tertiary/aromatic N) is 2. The first kappa shape index (κ1) is 25.8. The molecule has 0 spiro atoms. The lowest BCUT2D eigenvalue weighted by atomic mass is 9.73. The third-order valence-corrected chi connectivity index (χ3v) is 7.12. The van der Waals surface area contributed by atoms with E-state index in [-0.39, 0.29) is 11.8 Å². The van der Waals surface area contributed by atoms with Gasteiger partial charge < -0.3 is 19.7 Å². The number of nitrogens with one attached hydrogen (secondary N) is 1. The third-order valence-electron chi connectivity index (χ3n) is 7.12. The lowest BCUT2D eigenvalue weighted by Gasteiger charge is -2.36.